The Kier molecular flexibility index (Phi) is 9.04. The molecule has 2 amide bonds. The predicted molar refractivity (Wildman–Crippen MR) is 130 cm³/mol. The van der Waals surface area contributed by atoms with Crippen LogP contribution in [0.3, 0.4) is 0 Å². The molecule has 2 N–H and O–H groups in total. The Morgan fingerprint density at radius 3 is 1.94 bits per heavy atom. The smallest absolute Gasteiger partial charge is 0.240 e. The maximum absolute atomic E-state index is 12.0. The van der Waals surface area contributed by atoms with Gasteiger partial charge < -0.3 is 19.5 Å². The number of carbonyl (C=O) groups is 2. The third kappa shape index (κ3) is 7.98. The molecule has 8 nitrogen and oxygen atoms in total. The molecule has 0 heterocycles. The van der Waals surface area contributed by atoms with E-state index in [1.165, 1.54) is 6.21 Å². The highest BCUT2D eigenvalue weighted by Crippen LogP contribution is 2.16. The van der Waals surface area contributed by atoms with Crippen molar-refractivity contribution in [1.82, 2.24) is 5.43 Å². The molecule has 0 atom stereocenters. The molecule has 0 unspecified atom stereocenters. The van der Waals surface area contributed by atoms with Crippen molar-refractivity contribution >= 4 is 23.7 Å². The van der Waals surface area contributed by atoms with Crippen molar-refractivity contribution in [3.63, 3.8) is 0 Å². The first-order valence-corrected chi connectivity index (χ1v) is 10.7. The summed E-state index contributed by atoms with van der Waals surface area (Å²) < 4.78 is 16.0. The lowest BCUT2D eigenvalue weighted by Gasteiger charge is -2.07. The zero-order chi connectivity index (χ0) is 24.2. The lowest BCUT2D eigenvalue weighted by molar-refractivity contribution is -0.124. The zero-order valence-electron chi connectivity index (χ0n) is 19.1. The molecule has 0 spiro atoms. The van der Waals surface area contributed by atoms with Gasteiger partial charge in [-0.1, -0.05) is 12.1 Å². The predicted octanol–water partition coefficient (Wildman–Crippen LogP) is 4.15. The van der Waals surface area contributed by atoms with E-state index in [0.29, 0.717) is 18.0 Å². The maximum atomic E-state index is 12.0. The summed E-state index contributed by atoms with van der Waals surface area (Å²) in [5.74, 6) is 1.62. The Hall–Kier alpha value is -4.33. The molecule has 3 rings (SSSR count). The van der Waals surface area contributed by atoms with Crippen molar-refractivity contribution < 1.29 is 23.8 Å². The summed E-state index contributed by atoms with van der Waals surface area (Å²) in [6.45, 7) is 0.444. The van der Waals surface area contributed by atoms with E-state index in [0.717, 1.165) is 22.6 Å². The number of benzene rings is 3. The normalized spacial score (nSPS) is 10.5. The highest BCUT2D eigenvalue weighted by Gasteiger charge is 2.07. The van der Waals surface area contributed by atoms with Crippen LogP contribution in [0.2, 0.25) is 0 Å². The minimum Gasteiger partial charge on any atom is -0.497 e. The van der Waals surface area contributed by atoms with Crippen LogP contribution in [0.25, 0.3) is 0 Å². The van der Waals surface area contributed by atoms with Crippen LogP contribution in [0.1, 0.15) is 24.0 Å². The Balaban J connectivity index is 1.36. The van der Waals surface area contributed by atoms with Crippen molar-refractivity contribution in [3.05, 3.63) is 83.9 Å². The van der Waals surface area contributed by atoms with Gasteiger partial charge in [-0.05, 0) is 71.8 Å². The van der Waals surface area contributed by atoms with Crippen molar-refractivity contribution in [1.29, 1.82) is 0 Å². The number of rotatable bonds is 11. The molecule has 176 valence electrons. The van der Waals surface area contributed by atoms with Gasteiger partial charge in [0, 0.05) is 18.5 Å². The average molecular weight is 462 g/mol. The molecule has 0 fully saturated rings. The number of nitrogens with zero attached hydrogens (tertiary/aromatic N) is 1. The summed E-state index contributed by atoms with van der Waals surface area (Å²) in [6, 6.07) is 22.0. The first-order chi connectivity index (χ1) is 16.6. The summed E-state index contributed by atoms with van der Waals surface area (Å²) >= 11 is 0. The number of methoxy groups -OCH3 is 2. The van der Waals surface area contributed by atoms with Crippen LogP contribution in [0, 0.1) is 0 Å². The van der Waals surface area contributed by atoms with E-state index in [4.69, 9.17) is 14.2 Å². The van der Waals surface area contributed by atoms with E-state index >= 15 is 0 Å². The second-order valence-electron chi connectivity index (χ2n) is 7.28. The van der Waals surface area contributed by atoms with Crippen molar-refractivity contribution in [3.8, 4) is 17.2 Å². The average Bonchev–Trinajstić information content (AvgIpc) is 2.88. The molecule has 3 aromatic carbocycles. The molecule has 0 radical (unpaired) electrons. The summed E-state index contributed by atoms with van der Waals surface area (Å²) in [5, 5.41) is 6.67. The number of amides is 2. The third-order valence-electron chi connectivity index (χ3n) is 4.80. The summed E-state index contributed by atoms with van der Waals surface area (Å²) in [5.41, 5.74) is 4.90. The molecule has 0 saturated carbocycles. The molecule has 0 bridgehead atoms. The summed E-state index contributed by atoms with van der Waals surface area (Å²) in [4.78, 5) is 23.9. The molecule has 0 aliphatic carbocycles. The second-order valence-corrected chi connectivity index (χ2v) is 7.28. The van der Waals surface area contributed by atoms with E-state index < -0.39 is 0 Å². The quantitative estimate of drug-likeness (QED) is 0.330. The maximum Gasteiger partial charge on any atom is 0.240 e. The molecule has 8 heteroatoms. The summed E-state index contributed by atoms with van der Waals surface area (Å²) in [6.07, 6.45) is 1.60. The van der Waals surface area contributed by atoms with Gasteiger partial charge in [-0.2, -0.15) is 5.10 Å². The molecular formula is C26H27N3O5. The molecule has 0 saturated heterocycles. The fourth-order valence-corrected chi connectivity index (χ4v) is 2.90. The molecular weight excluding hydrogens is 434 g/mol. The van der Waals surface area contributed by atoms with Crippen molar-refractivity contribution in [2.75, 3.05) is 19.5 Å². The monoisotopic (exact) mass is 461 g/mol. The Morgan fingerprint density at radius 1 is 0.765 bits per heavy atom. The van der Waals surface area contributed by atoms with Gasteiger partial charge in [0.2, 0.25) is 11.8 Å². The molecule has 0 aliphatic heterocycles. The van der Waals surface area contributed by atoms with E-state index in [1.807, 2.05) is 48.5 Å². The number of hydrazone groups is 1. The van der Waals surface area contributed by atoms with Gasteiger partial charge in [-0.25, -0.2) is 5.43 Å². The van der Waals surface area contributed by atoms with E-state index in [2.05, 4.69) is 15.8 Å². The van der Waals surface area contributed by atoms with Gasteiger partial charge in [0.15, 0.2) is 0 Å². The van der Waals surface area contributed by atoms with Crippen LogP contribution in [0.5, 0.6) is 17.2 Å². The number of carbonyl (C=O) groups excluding carboxylic acids is 2. The fraction of sp³-hybridized carbons (Fsp3) is 0.192. The fourth-order valence-electron chi connectivity index (χ4n) is 2.90. The Labute approximate surface area is 198 Å². The van der Waals surface area contributed by atoms with Gasteiger partial charge in [-0.15, -0.1) is 0 Å². The number of hydrogen-bond donors (Lipinski definition) is 2. The van der Waals surface area contributed by atoms with Crippen LogP contribution in [-0.4, -0.2) is 32.2 Å². The minimum absolute atomic E-state index is 0.0253. The molecule has 0 aliphatic rings. The Morgan fingerprint density at radius 2 is 1.32 bits per heavy atom. The second kappa shape index (κ2) is 12.6. The van der Waals surface area contributed by atoms with Crippen LogP contribution >= 0.6 is 0 Å². The van der Waals surface area contributed by atoms with E-state index in [9.17, 15) is 9.59 Å². The van der Waals surface area contributed by atoms with Gasteiger partial charge in [0.1, 0.15) is 23.9 Å². The first-order valence-electron chi connectivity index (χ1n) is 10.7. The number of hydrogen-bond acceptors (Lipinski definition) is 6. The number of anilines is 1. The van der Waals surface area contributed by atoms with Crippen LogP contribution in [0.15, 0.2) is 77.9 Å². The van der Waals surface area contributed by atoms with Gasteiger partial charge in [-0.3, -0.25) is 9.59 Å². The molecule has 34 heavy (non-hydrogen) atoms. The van der Waals surface area contributed by atoms with Crippen molar-refractivity contribution in [2.24, 2.45) is 5.10 Å². The lowest BCUT2D eigenvalue weighted by Crippen LogP contribution is -2.20. The third-order valence-corrected chi connectivity index (χ3v) is 4.80. The van der Waals surface area contributed by atoms with E-state index in [1.54, 1.807) is 38.5 Å². The molecule has 3 aromatic rings. The van der Waals surface area contributed by atoms with E-state index in [-0.39, 0.29) is 24.7 Å². The lowest BCUT2D eigenvalue weighted by atomic mass is 10.2. The van der Waals surface area contributed by atoms with Gasteiger partial charge >= 0.3 is 0 Å². The largest absolute Gasteiger partial charge is 0.497 e. The SMILES string of the molecule is COc1ccc(COc2ccc(C=NNC(=O)CCC(=O)Nc3ccc(OC)cc3)cc2)cc1. The van der Waals surface area contributed by atoms with Crippen molar-refractivity contribution in [2.45, 2.75) is 19.4 Å². The van der Waals surface area contributed by atoms with Gasteiger partial charge in [0.05, 0.1) is 20.4 Å². The van der Waals surface area contributed by atoms with Crippen LogP contribution in [-0.2, 0) is 16.2 Å². The standard InChI is InChI=1S/C26H27N3O5/c1-32-22-9-5-20(6-10-22)18-34-24-11-3-19(4-12-24)17-27-29-26(31)16-15-25(30)28-21-7-13-23(33-2)14-8-21/h3-14,17H,15-16,18H2,1-2H3,(H,28,30)(H,29,31). The topological polar surface area (TPSA) is 98.3 Å². The highest BCUT2D eigenvalue weighted by atomic mass is 16.5. The molecule has 0 aromatic heterocycles. The zero-order valence-corrected chi connectivity index (χ0v) is 19.1. The minimum atomic E-state index is -0.347. The Bertz CT molecular complexity index is 1090. The summed E-state index contributed by atoms with van der Waals surface area (Å²) in [7, 11) is 3.20. The van der Waals surface area contributed by atoms with Crippen LogP contribution in [0.4, 0.5) is 5.69 Å². The first kappa shape index (κ1) is 24.3. The number of ether oxygens (including phenoxy) is 3. The number of nitrogens with one attached hydrogen (secondary N) is 2. The van der Waals surface area contributed by atoms with Gasteiger partial charge in [0.25, 0.3) is 0 Å². The highest BCUT2D eigenvalue weighted by molar-refractivity contribution is 5.93. The van der Waals surface area contributed by atoms with Crippen LogP contribution < -0.4 is 25.0 Å².